The fourth-order valence-electron chi connectivity index (χ4n) is 2.29. The van der Waals surface area contributed by atoms with Crippen molar-refractivity contribution in [2.24, 2.45) is 5.73 Å². The van der Waals surface area contributed by atoms with Gasteiger partial charge >= 0.3 is 0 Å². The molecule has 0 spiro atoms. The number of amides is 1. The van der Waals surface area contributed by atoms with Crippen molar-refractivity contribution in [2.75, 3.05) is 13.1 Å². The van der Waals surface area contributed by atoms with E-state index in [0.29, 0.717) is 19.5 Å². The number of nitrogens with zero attached hydrogens (tertiary/aromatic N) is 2. The van der Waals surface area contributed by atoms with Crippen LogP contribution in [-0.4, -0.2) is 34.5 Å². The number of carbonyl (C=O) groups excluding carboxylic acids is 1. The summed E-state index contributed by atoms with van der Waals surface area (Å²) in [5.41, 5.74) is 5.77. The normalized spacial score (nSPS) is 19.5. The van der Waals surface area contributed by atoms with E-state index >= 15 is 0 Å². The van der Waals surface area contributed by atoms with Crippen LogP contribution in [0.15, 0.2) is 27.6 Å². The zero-order valence-corrected chi connectivity index (χ0v) is 12.3. The minimum absolute atomic E-state index is 0.0713. The highest BCUT2D eigenvalue weighted by Crippen LogP contribution is 2.10. The molecule has 0 aliphatic carbocycles. The molecular formula is C13H18BrN3O2. The molecule has 5 nitrogen and oxygen atoms in total. The van der Waals surface area contributed by atoms with Gasteiger partial charge in [-0.15, -0.1) is 0 Å². The molecule has 1 aliphatic heterocycles. The number of likely N-dealkylation sites (tertiary alicyclic amines) is 1. The number of aromatic nitrogens is 1. The number of hydrogen-bond acceptors (Lipinski definition) is 3. The first-order valence-corrected chi connectivity index (χ1v) is 7.25. The fourth-order valence-corrected chi connectivity index (χ4v) is 2.67. The Hall–Kier alpha value is -1.14. The molecule has 1 fully saturated rings. The minimum Gasteiger partial charge on any atom is -0.341 e. The summed E-state index contributed by atoms with van der Waals surface area (Å²) >= 11 is 3.32. The van der Waals surface area contributed by atoms with Crippen LogP contribution >= 0.6 is 15.9 Å². The highest BCUT2D eigenvalue weighted by molar-refractivity contribution is 9.10. The monoisotopic (exact) mass is 327 g/mol. The SMILES string of the molecule is N[C@H]1CCCN(C(=O)CCn2cc(Br)ccc2=O)C1. The molecule has 0 bridgehead atoms. The molecule has 6 heteroatoms. The van der Waals surface area contributed by atoms with E-state index in [1.807, 2.05) is 0 Å². The first kappa shape index (κ1) is 14.3. The summed E-state index contributed by atoms with van der Waals surface area (Å²) < 4.78 is 2.38. The van der Waals surface area contributed by atoms with Crippen LogP contribution in [0.5, 0.6) is 0 Å². The summed E-state index contributed by atoms with van der Waals surface area (Å²) in [4.78, 5) is 25.5. The number of nitrogens with two attached hydrogens (primary N) is 1. The maximum absolute atomic E-state index is 12.1. The number of pyridine rings is 1. The van der Waals surface area contributed by atoms with E-state index in [4.69, 9.17) is 5.73 Å². The van der Waals surface area contributed by atoms with Crippen LogP contribution in [0.25, 0.3) is 0 Å². The van der Waals surface area contributed by atoms with Gasteiger partial charge in [0.1, 0.15) is 0 Å². The molecule has 1 atom stereocenters. The summed E-state index contributed by atoms with van der Waals surface area (Å²) in [6.45, 7) is 1.81. The Balaban J connectivity index is 1.93. The quantitative estimate of drug-likeness (QED) is 0.898. The molecule has 0 radical (unpaired) electrons. The molecule has 2 rings (SSSR count). The van der Waals surface area contributed by atoms with Crippen molar-refractivity contribution in [1.82, 2.24) is 9.47 Å². The van der Waals surface area contributed by atoms with Crippen molar-refractivity contribution < 1.29 is 4.79 Å². The van der Waals surface area contributed by atoms with Gasteiger partial charge in [-0.3, -0.25) is 9.59 Å². The molecule has 1 aromatic heterocycles. The second-order valence-electron chi connectivity index (χ2n) is 4.87. The van der Waals surface area contributed by atoms with Crippen molar-refractivity contribution in [3.8, 4) is 0 Å². The third-order valence-electron chi connectivity index (χ3n) is 3.32. The standard InChI is InChI=1S/C13H18BrN3O2/c14-10-3-4-12(18)17(8-10)7-5-13(19)16-6-1-2-11(15)9-16/h3-4,8,11H,1-2,5-7,9,15H2/t11-/m0/s1. The molecule has 0 saturated carbocycles. The highest BCUT2D eigenvalue weighted by Gasteiger charge is 2.20. The van der Waals surface area contributed by atoms with E-state index in [0.717, 1.165) is 23.9 Å². The third-order valence-corrected chi connectivity index (χ3v) is 3.79. The van der Waals surface area contributed by atoms with Gasteiger partial charge in [0.15, 0.2) is 0 Å². The number of aryl methyl sites for hydroxylation is 1. The van der Waals surface area contributed by atoms with E-state index in [1.165, 1.54) is 6.07 Å². The Morgan fingerprint density at radius 1 is 1.47 bits per heavy atom. The van der Waals surface area contributed by atoms with E-state index in [-0.39, 0.29) is 17.5 Å². The number of carbonyl (C=O) groups is 1. The van der Waals surface area contributed by atoms with Crippen LogP contribution in [0.2, 0.25) is 0 Å². The predicted molar refractivity (Wildman–Crippen MR) is 76.8 cm³/mol. The van der Waals surface area contributed by atoms with E-state index < -0.39 is 0 Å². The lowest BCUT2D eigenvalue weighted by Crippen LogP contribution is -2.46. The van der Waals surface area contributed by atoms with Gasteiger partial charge in [-0.05, 0) is 34.8 Å². The Morgan fingerprint density at radius 2 is 2.26 bits per heavy atom. The Bertz CT molecular complexity index is 515. The van der Waals surface area contributed by atoms with Crippen LogP contribution in [0.4, 0.5) is 0 Å². The summed E-state index contributed by atoms with van der Waals surface area (Å²) in [6.07, 6.45) is 3.99. The predicted octanol–water partition coefficient (Wildman–Crippen LogP) is 0.951. The first-order chi connectivity index (χ1) is 9.06. The van der Waals surface area contributed by atoms with Gasteiger partial charge in [0.25, 0.3) is 5.56 Å². The first-order valence-electron chi connectivity index (χ1n) is 6.45. The van der Waals surface area contributed by atoms with Crippen molar-refractivity contribution in [3.05, 3.63) is 33.2 Å². The van der Waals surface area contributed by atoms with Crippen molar-refractivity contribution in [3.63, 3.8) is 0 Å². The van der Waals surface area contributed by atoms with Crippen LogP contribution in [0.3, 0.4) is 0 Å². The molecule has 104 valence electrons. The van der Waals surface area contributed by atoms with Gasteiger partial charge in [0.05, 0.1) is 0 Å². The maximum atomic E-state index is 12.1. The lowest BCUT2D eigenvalue weighted by Gasteiger charge is -2.30. The van der Waals surface area contributed by atoms with Gasteiger partial charge in [0, 0.05) is 48.8 Å². The van der Waals surface area contributed by atoms with Crippen molar-refractivity contribution in [1.29, 1.82) is 0 Å². The zero-order valence-electron chi connectivity index (χ0n) is 10.7. The lowest BCUT2D eigenvalue weighted by atomic mass is 10.1. The van der Waals surface area contributed by atoms with Gasteiger partial charge in [-0.2, -0.15) is 0 Å². The zero-order chi connectivity index (χ0) is 13.8. The average Bonchev–Trinajstić information content (AvgIpc) is 2.39. The molecule has 0 unspecified atom stereocenters. The van der Waals surface area contributed by atoms with E-state index in [1.54, 1.807) is 21.7 Å². The largest absolute Gasteiger partial charge is 0.341 e. The Kier molecular flexibility index (Phi) is 4.76. The molecule has 2 heterocycles. The number of halogens is 1. The Labute approximate surface area is 120 Å². The Morgan fingerprint density at radius 3 is 3.00 bits per heavy atom. The topological polar surface area (TPSA) is 68.3 Å². The average molecular weight is 328 g/mol. The summed E-state index contributed by atoms with van der Waals surface area (Å²) in [6, 6.07) is 3.28. The smallest absolute Gasteiger partial charge is 0.250 e. The van der Waals surface area contributed by atoms with Crippen LogP contribution in [-0.2, 0) is 11.3 Å². The van der Waals surface area contributed by atoms with Gasteiger partial charge in [-0.1, -0.05) is 0 Å². The molecule has 1 amide bonds. The summed E-state index contributed by atoms with van der Waals surface area (Å²) in [5, 5.41) is 0. The second kappa shape index (κ2) is 6.34. The molecule has 1 saturated heterocycles. The number of piperidine rings is 1. The van der Waals surface area contributed by atoms with Crippen LogP contribution < -0.4 is 11.3 Å². The summed E-state index contributed by atoms with van der Waals surface area (Å²) in [7, 11) is 0. The van der Waals surface area contributed by atoms with E-state index in [9.17, 15) is 9.59 Å². The molecule has 19 heavy (non-hydrogen) atoms. The second-order valence-corrected chi connectivity index (χ2v) is 5.79. The molecule has 0 aromatic carbocycles. The van der Waals surface area contributed by atoms with Gasteiger partial charge < -0.3 is 15.2 Å². The van der Waals surface area contributed by atoms with E-state index in [2.05, 4.69) is 15.9 Å². The van der Waals surface area contributed by atoms with Gasteiger partial charge in [0.2, 0.25) is 5.91 Å². The van der Waals surface area contributed by atoms with Gasteiger partial charge in [-0.25, -0.2) is 0 Å². The van der Waals surface area contributed by atoms with Crippen molar-refractivity contribution in [2.45, 2.75) is 31.8 Å². The fraction of sp³-hybridized carbons (Fsp3) is 0.538. The molecule has 1 aliphatic rings. The number of hydrogen-bond donors (Lipinski definition) is 1. The van der Waals surface area contributed by atoms with Crippen molar-refractivity contribution >= 4 is 21.8 Å². The molecular weight excluding hydrogens is 310 g/mol. The molecule has 1 aromatic rings. The maximum Gasteiger partial charge on any atom is 0.250 e. The minimum atomic E-state index is -0.0913. The summed E-state index contributed by atoms with van der Waals surface area (Å²) in [5.74, 6) is 0.0713. The van der Waals surface area contributed by atoms with Crippen LogP contribution in [0, 0.1) is 0 Å². The third kappa shape index (κ3) is 3.91. The highest BCUT2D eigenvalue weighted by atomic mass is 79.9. The number of rotatable bonds is 3. The lowest BCUT2D eigenvalue weighted by molar-refractivity contribution is -0.132. The molecule has 2 N–H and O–H groups in total. The van der Waals surface area contributed by atoms with Crippen LogP contribution in [0.1, 0.15) is 19.3 Å².